The molecule has 0 fully saturated rings. The highest BCUT2D eigenvalue weighted by molar-refractivity contribution is 5.97. The lowest BCUT2D eigenvalue weighted by atomic mass is 10.0. The summed E-state index contributed by atoms with van der Waals surface area (Å²) in [6.45, 7) is 1.80. The van der Waals surface area contributed by atoms with E-state index in [1.807, 2.05) is 24.3 Å². The van der Waals surface area contributed by atoms with Gasteiger partial charge in [0, 0.05) is 23.9 Å². The summed E-state index contributed by atoms with van der Waals surface area (Å²) in [4.78, 5) is 16.5. The third-order valence-electron chi connectivity index (χ3n) is 4.36. The Hall–Kier alpha value is -3.48. The van der Waals surface area contributed by atoms with Crippen LogP contribution in [0.3, 0.4) is 0 Å². The molecule has 0 saturated carbocycles. The SMILES string of the molecule is CCOC(=O)COc1c(-c2ccc(OC)cc2)cnc2cc(OC)cc(OC)c12. The smallest absolute Gasteiger partial charge is 0.344 e. The van der Waals surface area contributed by atoms with Gasteiger partial charge in [0.25, 0.3) is 0 Å². The molecule has 0 amide bonds. The molecule has 0 atom stereocenters. The van der Waals surface area contributed by atoms with Crippen LogP contribution in [0, 0.1) is 0 Å². The molecule has 0 saturated heterocycles. The first-order valence-corrected chi connectivity index (χ1v) is 9.08. The van der Waals surface area contributed by atoms with Gasteiger partial charge >= 0.3 is 5.97 Å². The summed E-state index contributed by atoms with van der Waals surface area (Å²) in [5.74, 6) is 1.90. The van der Waals surface area contributed by atoms with Gasteiger partial charge in [0.05, 0.1) is 38.8 Å². The summed E-state index contributed by atoms with van der Waals surface area (Å²) in [7, 11) is 4.74. The van der Waals surface area contributed by atoms with Crippen molar-refractivity contribution in [1.29, 1.82) is 0 Å². The van der Waals surface area contributed by atoms with Crippen molar-refractivity contribution in [2.45, 2.75) is 6.92 Å². The number of ether oxygens (including phenoxy) is 5. The highest BCUT2D eigenvalue weighted by Gasteiger charge is 2.19. The minimum absolute atomic E-state index is 0.231. The zero-order chi connectivity index (χ0) is 20.8. The van der Waals surface area contributed by atoms with Crippen LogP contribution in [0.4, 0.5) is 0 Å². The number of benzene rings is 2. The van der Waals surface area contributed by atoms with E-state index in [9.17, 15) is 4.79 Å². The van der Waals surface area contributed by atoms with Gasteiger partial charge in [-0.3, -0.25) is 4.98 Å². The van der Waals surface area contributed by atoms with Gasteiger partial charge in [-0.1, -0.05) is 12.1 Å². The van der Waals surface area contributed by atoms with E-state index in [1.165, 1.54) is 0 Å². The van der Waals surface area contributed by atoms with Crippen molar-refractivity contribution in [1.82, 2.24) is 4.98 Å². The molecule has 1 heterocycles. The number of hydrogen-bond acceptors (Lipinski definition) is 7. The molecule has 0 aliphatic heterocycles. The number of fused-ring (bicyclic) bond motifs is 1. The number of rotatable bonds is 8. The molecule has 0 spiro atoms. The second-order valence-corrected chi connectivity index (χ2v) is 6.05. The maximum Gasteiger partial charge on any atom is 0.344 e. The topological polar surface area (TPSA) is 76.1 Å². The number of carbonyl (C=O) groups is 1. The minimum atomic E-state index is -0.453. The fourth-order valence-electron chi connectivity index (χ4n) is 2.97. The number of methoxy groups -OCH3 is 3. The maximum absolute atomic E-state index is 11.9. The molecule has 3 aromatic rings. The van der Waals surface area contributed by atoms with Gasteiger partial charge in [-0.2, -0.15) is 0 Å². The summed E-state index contributed by atoms with van der Waals surface area (Å²) < 4.78 is 27.0. The van der Waals surface area contributed by atoms with Crippen molar-refractivity contribution in [2.24, 2.45) is 0 Å². The molecule has 0 N–H and O–H groups in total. The Bertz CT molecular complexity index is 1000. The van der Waals surface area contributed by atoms with Gasteiger partial charge in [-0.25, -0.2) is 4.79 Å². The van der Waals surface area contributed by atoms with Gasteiger partial charge < -0.3 is 23.7 Å². The largest absolute Gasteiger partial charge is 0.497 e. The third kappa shape index (κ3) is 4.34. The van der Waals surface area contributed by atoms with E-state index in [-0.39, 0.29) is 13.2 Å². The Kier molecular flexibility index (Phi) is 6.39. The van der Waals surface area contributed by atoms with Crippen LogP contribution in [0.25, 0.3) is 22.0 Å². The van der Waals surface area contributed by atoms with Crippen LogP contribution < -0.4 is 18.9 Å². The van der Waals surface area contributed by atoms with Crippen molar-refractivity contribution in [3.63, 3.8) is 0 Å². The minimum Gasteiger partial charge on any atom is -0.497 e. The number of pyridine rings is 1. The molecule has 2 aromatic carbocycles. The van der Waals surface area contributed by atoms with Gasteiger partial charge in [0.15, 0.2) is 6.61 Å². The first-order chi connectivity index (χ1) is 14.1. The molecule has 1 aromatic heterocycles. The molecule has 3 rings (SSSR count). The summed E-state index contributed by atoms with van der Waals surface area (Å²) in [6, 6.07) is 11.0. The number of nitrogens with zero attached hydrogens (tertiary/aromatic N) is 1. The van der Waals surface area contributed by atoms with Crippen LogP contribution >= 0.6 is 0 Å². The maximum atomic E-state index is 11.9. The normalized spacial score (nSPS) is 10.5. The number of aromatic nitrogens is 1. The lowest BCUT2D eigenvalue weighted by Gasteiger charge is -2.17. The van der Waals surface area contributed by atoms with Gasteiger partial charge in [-0.15, -0.1) is 0 Å². The van der Waals surface area contributed by atoms with Crippen LogP contribution in [0.2, 0.25) is 0 Å². The molecule has 7 heteroatoms. The molecule has 0 bridgehead atoms. The van der Waals surface area contributed by atoms with Gasteiger partial charge in [0.1, 0.15) is 23.0 Å². The van der Waals surface area contributed by atoms with Crippen molar-refractivity contribution >= 4 is 16.9 Å². The van der Waals surface area contributed by atoms with E-state index in [2.05, 4.69) is 4.98 Å². The lowest BCUT2D eigenvalue weighted by molar-refractivity contribution is -0.145. The zero-order valence-corrected chi connectivity index (χ0v) is 16.9. The standard InChI is InChI=1S/C22H23NO6/c1-5-28-20(24)13-29-22-17(14-6-8-15(25-2)9-7-14)12-23-18-10-16(26-3)11-19(27-4)21(18)22/h6-12H,5,13H2,1-4H3. The molecular formula is C22H23NO6. The van der Waals surface area contributed by atoms with E-state index >= 15 is 0 Å². The highest BCUT2D eigenvalue weighted by atomic mass is 16.6. The van der Waals surface area contributed by atoms with Crippen molar-refractivity contribution in [2.75, 3.05) is 34.5 Å². The summed E-state index contributed by atoms with van der Waals surface area (Å²) in [6.07, 6.45) is 1.70. The summed E-state index contributed by atoms with van der Waals surface area (Å²) in [5.41, 5.74) is 2.20. The fourth-order valence-corrected chi connectivity index (χ4v) is 2.97. The van der Waals surface area contributed by atoms with Crippen LogP contribution in [-0.2, 0) is 9.53 Å². The Morgan fingerprint density at radius 2 is 1.69 bits per heavy atom. The molecular weight excluding hydrogens is 374 g/mol. The van der Waals surface area contributed by atoms with Crippen LogP contribution in [0.1, 0.15) is 6.92 Å². The zero-order valence-electron chi connectivity index (χ0n) is 16.9. The summed E-state index contributed by atoms with van der Waals surface area (Å²) >= 11 is 0. The Morgan fingerprint density at radius 1 is 0.966 bits per heavy atom. The second-order valence-electron chi connectivity index (χ2n) is 6.05. The lowest BCUT2D eigenvalue weighted by Crippen LogP contribution is -2.15. The van der Waals surface area contributed by atoms with E-state index in [0.29, 0.717) is 33.7 Å². The Labute approximate surface area is 169 Å². The third-order valence-corrected chi connectivity index (χ3v) is 4.36. The van der Waals surface area contributed by atoms with Crippen molar-refractivity contribution < 1.29 is 28.5 Å². The van der Waals surface area contributed by atoms with Crippen LogP contribution in [-0.4, -0.2) is 45.5 Å². The Balaban J connectivity index is 2.18. The summed E-state index contributed by atoms with van der Waals surface area (Å²) in [5, 5.41) is 0.644. The van der Waals surface area contributed by atoms with Crippen LogP contribution in [0.5, 0.6) is 23.0 Å². The van der Waals surface area contributed by atoms with Crippen molar-refractivity contribution in [3.05, 3.63) is 42.6 Å². The first-order valence-electron chi connectivity index (χ1n) is 9.08. The molecule has 0 aliphatic rings. The van der Waals surface area contributed by atoms with E-state index in [4.69, 9.17) is 23.7 Å². The average molecular weight is 397 g/mol. The fraction of sp³-hybridized carbons (Fsp3) is 0.273. The predicted octanol–water partition coefficient (Wildman–Crippen LogP) is 3.87. The van der Waals surface area contributed by atoms with E-state index in [1.54, 1.807) is 46.6 Å². The predicted molar refractivity (Wildman–Crippen MR) is 109 cm³/mol. The highest BCUT2D eigenvalue weighted by Crippen LogP contribution is 2.42. The monoisotopic (exact) mass is 397 g/mol. The van der Waals surface area contributed by atoms with Crippen molar-refractivity contribution in [3.8, 4) is 34.1 Å². The number of esters is 1. The molecule has 152 valence electrons. The molecule has 0 radical (unpaired) electrons. The number of hydrogen-bond donors (Lipinski definition) is 0. The number of carbonyl (C=O) groups excluding carboxylic acids is 1. The van der Waals surface area contributed by atoms with E-state index < -0.39 is 5.97 Å². The molecule has 0 unspecified atom stereocenters. The average Bonchev–Trinajstić information content (AvgIpc) is 2.76. The Morgan fingerprint density at radius 3 is 2.31 bits per heavy atom. The van der Waals surface area contributed by atoms with E-state index in [0.717, 1.165) is 11.3 Å². The molecule has 0 aliphatic carbocycles. The van der Waals surface area contributed by atoms with Gasteiger partial charge in [0.2, 0.25) is 0 Å². The van der Waals surface area contributed by atoms with Gasteiger partial charge in [-0.05, 0) is 24.6 Å². The molecule has 29 heavy (non-hydrogen) atoms. The van der Waals surface area contributed by atoms with Crippen LogP contribution in [0.15, 0.2) is 42.6 Å². The first kappa shape index (κ1) is 20.3. The second kappa shape index (κ2) is 9.14. The molecule has 7 nitrogen and oxygen atoms in total. The quantitative estimate of drug-likeness (QED) is 0.534.